The molecule has 2 aromatic heterocycles. The van der Waals surface area contributed by atoms with Crippen LogP contribution < -0.4 is 4.90 Å². The van der Waals surface area contributed by atoms with Crippen LogP contribution in [0.2, 0.25) is 0 Å². The maximum Gasteiger partial charge on any atom is 0.393 e. The molecule has 0 spiro atoms. The van der Waals surface area contributed by atoms with Gasteiger partial charge in [0, 0.05) is 23.9 Å². The van der Waals surface area contributed by atoms with Crippen LogP contribution in [0.3, 0.4) is 0 Å². The molecular weight excluding hydrogens is 492 g/mol. The van der Waals surface area contributed by atoms with E-state index >= 15 is 0 Å². The van der Waals surface area contributed by atoms with Crippen LogP contribution in [-0.4, -0.2) is 50.4 Å². The molecular formula is C22H22F4N4O2S2. The number of alkyl halides is 3. The summed E-state index contributed by atoms with van der Waals surface area (Å²) in [5, 5.41) is 14.7. The summed E-state index contributed by atoms with van der Waals surface area (Å²) < 4.78 is 55.5. The summed E-state index contributed by atoms with van der Waals surface area (Å²) in [6.45, 7) is 5.54. The zero-order chi connectivity index (χ0) is 24.8. The number of aryl methyl sites for hydroxylation is 1. The SMILES string of the molecule is Cc1nn(-c2nc(N3CCC(C(F)(F)F)C3)c(SC(C)C)s2)c(C(=O)O)c1-c1cccc(F)c1. The molecule has 12 heteroatoms. The van der Waals surface area contributed by atoms with E-state index in [4.69, 9.17) is 0 Å². The molecule has 1 saturated heterocycles. The molecule has 1 fully saturated rings. The lowest BCUT2D eigenvalue weighted by molar-refractivity contribution is -0.168. The zero-order valence-corrected chi connectivity index (χ0v) is 20.2. The van der Waals surface area contributed by atoms with Gasteiger partial charge in [-0.1, -0.05) is 37.3 Å². The van der Waals surface area contributed by atoms with Crippen molar-refractivity contribution in [3.8, 4) is 16.3 Å². The Balaban J connectivity index is 1.81. The Morgan fingerprint density at radius 2 is 2.06 bits per heavy atom. The van der Waals surface area contributed by atoms with Gasteiger partial charge in [0.25, 0.3) is 0 Å². The lowest BCUT2D eigenvalue weighted by atomic mass is 10.0. The number of thioether (sulfide) groups is 1. The number of carboxylic acid groups (broad SMARTS) is 1. The number of carbonyl (C=O) groups is 1. The Morgan fingerprint density at radius 1 is 1.32 bits per heavy atom. The van der Waals surface area contributed by atoms with Crippen LogP contribution in [0.15, 0.2) is 28.5 Å². The average Bonchev–Trinajstić information content (AvgIpc) is 3.43. The lowest BCUT2D eigenvalue weighted by Crippen LogP contribution is -2.27. The quantitative estimate of drug-likeness (QED) is 0.320. The summed E-state index contributed by atoms with van der Waals surface area (Å²) in [6, 6.07) is 5.57. The predicted molar refractivity (Wildman–Crippen MR) is 124 cm³/mol. The number of hydrogen-bond acceptors (Lipinski definition) is 6. The highest BCUT2D eigenvalue weighted by Gasteiger charge is 2.44. The van der Waals surface area contributed by atoms with E-state index in [1.807, 2.05) is 13.8 Å². The van der Waals surface area contributed by atoms with Gasteiger partial charge in [-0.15, -0.1) is 11.8 Å². The first kappa shape index (κ1) is 24.5. The maximum absolute atomic E-state index is 13.8. The van der Waals surface area contributed by atoms with Crippen molar-refractivity contribution in [2.24, 2.45) is 5.92 Å². The minimum absolute atomic E-state index is 0.0207. The Morgan fingerprint density at radius 3 is 2.65 bits per heavy atom. The number of thiazole rings is 1. The first-order valence-electron chi connectivity index (χ1n) is 10.5. The van der Waals surface area contributed by atoms with Gasteiger partial charge in [-0.2, -0.15) is 27.9 Å². The highest BCUT2D eigenvalue weighted by molar-refractivity contribution is 8.01. The highest BCUT2D eigenvalue weighted by Crippen LogP contribution is 2.43. The van der Waals surface area contributed by atoms with Crippen LogP contribution in [0.1, 0.15) is 36.5 Å². The van der Waals surface area contributed by atoms with Crippen molar-refractivity contribution in [1.82, 2.24) is 14.8 Å². The fourth-order valence-electron chi connectivity index (χ4n) is 3.94. The number of aromatic carboxylic acids is 1. The molecule has 182 valence electrons. The first-order valence-corrected chi connectivity index (χ1v) is 12.2. The van der Waals surface area contributed by atoms with Gasteiger partial charge in [-0.05, 0) is 31.0 Å². The largest absolute Gasteiger partial charge is 0.476 e. The van der Waals surface area contributed by atoms with Crippen molar-refractivity contribution >= 4 is 34.9 Å². The van der Waals surface area contributed by atoms with Crippen LogP contribution >= 0.6 is 23.1 Å². The van der Waals surface area contributed by atoms with E-state index in [-0.39, 0.29) is 41.1 Å². The minimum atomic E-state index is -4.28. The molecule has 0 saturated carbocycles. The third kappa shape index (κ3) is 4.78. The molecule has 0 amide bonds. The van der Waals surface area contributed by atoms with E-state index in [0.29, 0.717) is 21.3 Å². The molecule has 1 aromatic carbocycles. The van der Waals surface area contributed by atoms with Gasteiger partial charge in [0.15, 0.2) is 11.5 Å². The van der Waals surface area contributed by atoms with Crippen LogP contribution in [0.4, 0.5) is 23.4 Å². The van der Waals surface area contributed by atoms with Crippen LogP contribution in [0.5, 0.6) is 0 Å². The Bertz CT molecular complexity index is 1220. The summed E-state index contributed by atoms with van der Waals surface area (Å²) in [6.07, 6.45) is -4.30. The molecule has 6 nitrogen and oxygen atoms in total. The molecule has 3 aromatic rings. The van der Waals surface area contributed by atoms with Crippen LogP contribution in [0, 0.1) is 18.7 Å². The summed E-state index contributed by atoms with van der Waals surface area (Å²) in [7, 11) is 0. The molecule has 3 heterocycles. The topological polar surface area (TPSA) is 71.2 Å². The van der Waals surface area contributed by atoms with Gasteiger partial charge in [-0.3, -0.25) is 0 Å². The van der Waals surface area contributed by atoms with Gasteiger partial charge in [0.1, 0.15) is 10.0 Å². The van der Waals surface area contributed by atoms with Gasteiger partial charge in [0.2, 0.25) is 5.13 Å². The molecule has 1 atom stereocenters. The van der Waals surface area contributed by atoms with Crippen molar-refractivity contribution in [3.05, 3.63) is 41.5 Å². The third-order valence-corrected chi connectivity index (χ3v) is 7.64. The van der Waals surface area contributed by atoms with E-state index in [1.54, 1.807) is 17.9 Å². The summed E-state index contributed by atoms with van der Waals surface area (Å²) in [5.41, 5.74) is 0.817. The van der Waals surface area contributed by atoms with Crippen molar-refractivity contribution in [2.75, 3.05) is 18.0 Å². The van der Waals surface area contributed by atoms with E-state index in [9.17, 15) is 27.5 Å². The third-order valence-electron chi connectivity index (χ3n) is 5.42. The molecule has 1 unspecified atom stereocenters. The predicted octanol–water partition coefficient (Wildman–Crippen LogP) is 6.03. The van der Waals surface area contributed by atoms with E-state index in [1.165, 1.54) is 46.0 Å². The van der Waals surface area contributed by atoms with Crippen molar-refractivity contribution < 1.29 is 27.5 Å². The number of anilines is 1. The van der Waals surface area contributed by atoms with Gasteiger partial charge < -0.3 is 10.0 Å². The Hall–Kier alpha value is -2.60. The molecule has 1 aliphatic rings. The first-order chi connectivity index (χ1) is 16.0. The monoisotopic (exact) mass is 514 g/mol. The van der Waals surface area contributed by atoms with Crippen LogP contribution in [0.25, 0.3) is 16.3 Å². The average molecular weight is 515 g/mol. The summed E-state index contributed by atoms with van der Waals surface area (Å²) >= 11 is 2.64. The number of halogens is 4. The molecule has 0 aliphatic carbocycles. The second-order valence-corrected chi connectivity index (χ2v) is 11.1. The molecule has 1 aliphatic heterocycles. The highest BCUT2D eigenvalue weighted by atomic mass is 32.2. The van der Waals surface area contributed by atoms with Crippen molar-refractivity contribution in [3.63, 3.8) is 0 Å². The second-order valence-electron chi connectivity index (χ2n) is 8.28. The van der Waals surface area contributed by atoms with Gasteiger partial charge in [-0.25, -0.2) is 9.18 Å². The number of carboxylic acids is 1. The summed E-state index contributed by atoms with van der Waals surface area (Å²) in [5.74, 6) is -2.81. The van der Waals surface area contributed by atoms with E-state index < -0.39 is 23.9 Å². The molecule has 0 bridgehead atoms. The Labute approximate surface area is 201 Å². The molecule has 1 N–H and O–H groups in total. The minimum Gasteiger partial charge on any atom is -0.476 e. The zero-order valence-electron chi connectivity index (χ0n) is 18.6. The lowest BCUT2D eigenvalue weighted by Gasteiger charge is -2.19. The van der Waals surface area contributed by atoms with Crippen molar-refractivity contribution in [1.29, 1.82) is 0 Å². The number of aromatic nitrogens is 3. The fourth-order valence-corrected chi connectivity index (χ4v) is 6.43. The standard InChI is InChI=1S/C22H22F4N4O2S2/c1-11(2)33-20-18(29-8-7-14(10-29)22(24,25)26)27-21(34-20)30-17(19(31)32)16(12(3)28-30)13-5-4-6-15(23)9-13/h4-6,9,11,14H,7-8,10H2,1-3H3,(H,31,32). The number of nitrogens with zero attached hydrogens (tertiary/aromatic N) is 4. The fraction of sp³-hybridized carbons (Fsp3) is 0.409. The maximum atomic E-state index is 13.8. The smallest absolute Gasteiger partial charge is 0.393 e. The second kappa shape index (κ2) is 9.21. The normalized spacial score (nSPS) is 16.6. The molecule has 0 radical (unpaired) electrons. The van der Waals surface area contributed by atoms with E-state index in [2.05, 4.69) is 10.1 Å². The van der Waals surface area contributed by atoms with E-state index in [0.717, 1.165) is 0 Å². The Kier molecular flexibility index (Phi) is 6.65. The van der Waals surface area contributed by atoms with Gasteiger partial charge >= 0.3 is 12.1 Å². The number of hydrogen-bond donors (Lipinski definition) is 1. The molecule has 34 heavy (non-hydrogen) atoms. The number of benzene rings is 1. The van der Waals surface area contributed by atoms with Crippen molar-refractivity contribution in [2.45, 2.75) is 42.8 Å². The van der Waals surface area contributed by atoms with Gasteiger partial charge in [0.05, 0.1) is 11.6 Å². The molecule has 4 rings (SSSR count). The summed E-state index contributed by atoms with van der Waals surface area (Å²) in [4.78, 5) is 18.4. The van der Waals surface area contributed by atoms with Crippen LogP contribution in [-0.2, 0) is 0 Å². The number of rotatable bonds is 6.